The number of allylic oxidation sites excluding steroid dienone is 2. The van der Waals surface area contributed by atoms with Crippen molar-refractivity contribution in [1.29, 1.82) is 10.5 Å². The summed E-state index contributed by atoms with van der Waals surface area (Å²) in [4.78, 5) is 0. The van der Waals surface area contributed by atoms with Gasteiger partial charge in [0.05, 0.1) is 12.1 Å². The fourth-order valence-electron chi connectivity index (χ4n) is 1.69. The summed E-state index contributed by atoms with van der Waals surface area (Å²) < 4.78 is 2.14. The van der Waals surface area contributed by atoms with Crippen molar-refractivity contribution in [3.63, 3.8) is 0 Å². The zero-order valence-corrected chi connectivity index (χ0v) is 16.6. The van der Waals surface area contributed by atoms with Gasteiger partial charge in [0, 0.05) is 21.1 Å². The summed E-state index contributed by atoms with van der Waals surface area (Å²) in [5.41, 5.74) is 4.47. The number of nitrogens with zero attached hydrogens (tertiary/aromatic N) is 2. The van der Waals surface area contributed by atoms with Gasteiger partial charge in [-0.3, -0.25) is 0 Å². The number of halogens is 2. The van der Waals surface area contributed by atoms with Gasteiger partial charge in [-0.2, -0.15) is 10.5 Å². The number of nitriles is 2. The standard InChI is InChI=1S/2C10H8BrN/c2*1-8-4-5-9(3-2-6-12)7-10(8)11/h2*2-5,7H,1H3/b3-2+;3-2-. The monoisotopic (exact) mass is 442 g/mol. The van der Waals surface area contributed by atoms with Crippen LogP contribution < -0.4 is 0 Å². The Morgan fingerprint density at radius 3 is 1.42 bits per heavy atom. The van der Waals surface area contributed by atoms with E-state index in [-0.39, 0.29) is 0 Å². The fourth-order valence-corrected chi connectivity index (χ4v) is 2.49. The molecular formula is C20H16Br2N2. The summed E-state index contributed by atoms with van der Waals surface area (Å²) in [6.45, 7) is 4.06. The van der Waals surface area contributed by atoms with Crippen LogP contribution in [0, 0.1) is 36.5 Å². The summed E-state index contributed by atoms with van der Waals surface area (Å²) in [5, 5.41) is 16.6. The minimum Gasteiger partial charge on any atom is -0.193 e. The second-order valence-electron chi connectivity index (χ2n) is 4.94. The molecule has 2 rings (SSSR count). The van der Waals surface area contributed by atoms with Crippen LogP contribution in [0.25, 0.3) is 12.2 Å². The predicted octanol–water partition coefficient (Wildman–Crippen LogP) is 6.59. The van der Waals surface area contributed by atoms with E-state index in [1.54, 1.807) is 12.2 Å². The van der Waals surface area contributed by atoms with E-state index in [9.17, 15) is 0 Å². The van der Waals surface area contributed by atoms with Crippen LogP contribution in [0.1, 0.15) is 22.3 Å². The zero-order valence-electron chi connectivity index (χ0n) is 13.4. The zero-order chi connectivity index (χ0) is 17.9. The molecule has 0 saturated carbocycles. The maximum Gasteiger partial charge on any atom is 0.0912 e. The molecule has 4 heteroatoms. The Balaban J connectivity index is 0.000000240. The maximum absolute atomic E-state index is 8.30. The summed E-state index contributed by atoms with van der Waals surface area (Å²) in [5.74, 6) is 0. The molecule has 0 aliphatic rings. The maximum atomic E-state index is 8.30. The number of benzene rings is 2. The second kappa shape index (κ2) is 10.6. The largest absolute Gasteiger partial charge is 0.193 e. The highest BCUT2D eigenvalue weighted by molar-refractivity contribution is 9.10. The highest BCUT2D eigenvalue weighted by Crippen LogP contribution is 2.18. The van der Waals surface area contributed by atoms with Crippen molar-refractivity contribution >= 4 is 44.0 Å². The van der Waals surface area contributed by atoms with Crippen LogP contribution in [0.5, 0.6) is 0 Å². The third-order valence-corrected chi connectivity index (χ3v) is 4.80. The topological polar surface area (TPSA) is 47.6 Å². The van der Waals surface area contributed by atoms with E-state index in [4.69, 9.17) is 10.5 Å². The molecule has 0 aliphatic heterocycles. The Labute approximate surface area is 160 Å². The lowest BCUT2D eigenvalue weighted by molar-refractivity contribution is 1.42. The first-order valence-corrected chi connectivity index (χ1v) is 8.71. The normalized spacial score (nSPS) is 10.1. The minimum absolute atomic E-state index is 1.04. The summed E-state index contributed by atoms with van der Waals surface area (Å²) >= 11 is 6.84. The van der Waals surface area contributed by atoms with E-state index in [1.165, 1.54) is 23.3 Å². The average molecular weight is 444 g/mol. The van der Waals surface area contributed by atoms with Crippen LogP contribution >= 0.6 is 31.9 Å². The van der Waals surface area contributed by atoms with E-state index < -0.39 is 0 Å². The van der Waals surface area contributed by atoms with Gasteiger partial charge in [-0.05, 0) is 60.4 Å². The molecule has 2 aromatic rings. The molecule has 0 bridgehead atoms. The number of hydrogen-bond acceptors (Lipinski definition) is 2. The van der Waals surface area contributed by atoms with Gasteiger partial charge in [-0.25, -0.2) is 0 Å². The van der Waals surface area contributed by atoms with Gasteiger partial charge in [0.2, 0.25) is 0 Å². The van der Waals surface area contributed by atoms with Crippen molar-refractivity contribution in [2.24, 2.45) is 0 Å². The summed E-state index contributed by atoms with van der Waals surface area (Å²) in [6.07, 6.45) is 6.50. The first-order chi connectivity index (χ1) is 11.5. The Bertz CT molecular complexity index is 766. The van der Waals surface area contributed by atoms with Crippen LogP contribution in [0.4, 0.5) is 0 Å². The van der Waals surface area contributed by atoms with Gasteiger partial charge in [0.1, 0.15) is 0 Å². The molecule has 0 radical (unpaired) electrons. The van der Waals surface area contributed by atoms with Gasteiger partial charge >= 0.3 is 0 Å². The van der Waals surface area contributed by atoms with Crippen molar-refractivity contribution in [1.82, 2.24) is 0 Å². The predicted molar refractivity (Wildman–Crippen MR) is 107 cm³/mol. The molecule has 0 N–H and O–H groups in total. The number of rotatable bonds is 2. The lowest BCUT2D eigenvalue weighted by Crippen LogP contribution is -1.76. The van der Waals surface area contributed by atoms with Crippen LogP contribution in [-0.2, 0) is 0 Å². The van der Waals surface area contributed by atoms with Crippen LogP contribution in [0.15, 0.2) is 57.5 Å². The molecule has 0 aromatic heterocycles. The quantitative estimate of drug-likeness (QED) is 0.491. The molecule has 120 valence electrons. The van der Waals surface area contributed by atoms with Crippen molar-refractivity contribution in [3.8, 4) is 12.1 Å². The van der Waals surface area contributed by atoms with E-state index in [0.29, 0.717) is 0 Å². The Hall–Kier alpha value is -2.14. The van der Waals surface area contributed by atoms with Crippen molar-refractivity contribution in [3.05, 3.63) is 79.7 Å². The minimum atomic E-state index is 1.04. The molecule has 0 saturated heterocycles. The Morgan fingerprint density at radius 2 is 1.12 bits per heavy atom. The molecule has 0 heterocycles. The number of aryl methyl sites for hydroxylation is 2. The van der Waals surface area contributed by atoms with Crippen LogP contribution in [-0.4, -0.2) is 0 Å². The molecule has 2 aromatic carbocycles. The van der Waals surface area contributed by atoms with Gasteiger partial charge in [0.25, 0.3) is 0 Å². The lowest BCUT2D eigenvalue weighted by Gasteiger charge is -1.97. The van der Waals surface area contributed by atoms with E-state index in [0.717, 1.165) is 20.1 Å². The fraction of sp³-hybridized carbons (Fsp3) is 0.100. The van der Waals surface area contributed by atoms with Crippen LogP contribution in [0.3, 0.4) is 0 Å². The molecule has 2 nitrogen and oxygen atoms in total. The molecule has 0 spiro atoms. The first-order valence-electron chi connectivity index (χ1n) is 7.12. The third-order valence-electron chi connectivity index (χ3n) is 3.09. The first kappa shape index (κ1) is 19.9. The molecule has 0 atom stereocenters. The third kappa shape index (κ3) is 6.96. The lowest BCUT2D eigenvalue weighted by atomic mass is 10.1. The van der Waals surface area contributed by atoms with E-state index in [1.807, 2.05) is 62.4 Å². The summed E-state index contributed by atoms with van der Waals surface area (Å²) in [6, 6.07) is 15.9. The molecule has 0 fully saturated rings. The molecular weight excluding hydrogens is 428 g/mol. The highest BCUT2D eigenvalue weighted by atomic mass is 79.9. The summed E-state index contributed by atoms with van der Waals surface area (Å²) in [7, 11) is 0. The SMILES string of the molecule is Cc1ccc(/C=C/C#N)cc1Br.Cc1ccc(/C=C\C#N)cc1Br. The molecule has 0 aliphatic carbocycles. The van der Waals surface area contributed by atoms with Crippen molar-refractivity contribution < 1.29 is 0 Å². The van der Waals surface area contributed by atoms with Gasteiger partial charge in [0.15, 0.2) is 0 Å². The van der Waals surface area contributed by atoms with Crippen LogP contribution in [0.2, 0.25) is 0 Å². The Morgan fingerprint density at radius 1 is 0.750 bits per heavy atom. The van der Waals surface area contributed by atoms with Gasteiger partial charge in [-0.15, -0.1) is 0 Å². The molecule has 24 heavy (non-hydrogen) atoms. The smallest absolute Gasteiger partial charge is 0.0912 e. The Kier molecular flexibility index (Phi) is 8.79. The van der Waals surface area contributed by atoms with Gasteiger partial charge in [-0.1, -0.05) is 56.1 Å². The molecule has 0 amide bonds. The van der Waals surface area contributed by atoms with Crippen molar-refractivity contribution in [2.75, 3.05) is 0 Å². The van der Waals surface area contributed by atoms with E-state index >= 15 is 0 Å². The average Bonchev–Trinajstić information content (AvgIpc) is 2.57. The second-order valence-corrected chi connectivity index (χ2v) is 6.65. The van der Waals surface area contributed by atoms with Gasteiger partial charge < -0.3 is 0 Å². The van der Waals surface area contributed by atoms with E-state index in [2.05, 4.69) is 31.9 Å². The van der Waals surface area contributed by atoms with Crippen molar-refractivity contribution in [2.45, 2.75) is 13.8 Å². The number of hydrogen-bond donors (Lipinski definition) is 0. The molecule has 0 unspecified atom stereocenters. The highest BCUT2D eigenvalue weighted by Gasteiger charge is 1.94.